The lowest BCUT2D eigenvalue weighted by Crippen LogP contribution is -2.57. The van der Waals surface area contributed by atoms with Gasteiger partial charge < -0.3 is 15.0 Å². The summed E-state index contributed by atoms with van der Waals surface area (Å²) in [5.74, 6) is 0.705. The first kappa shape index (κ1) is 15.7. The number of pyridine rings is 1. The van der Waals surface area contributed by atoms with Gasteiger partial charge in [0.1, 0.15) is 17.4 Å². The van der Waals surface area contributed by atoms with E-state index < -0.39 is 0 Å². The molecule has 0 aromatic carbocycles. The summed E-state index contributed by atoms with van der Waals surface area (Å²) in [6.07, 6.45) is 3.37. The lowest BCUT2D eigenvalue weighted by Gasteiger charge is -2.35. The molecule has 1 aliphatic heterocycles. The standard InChI is InChI=1S/C15H19N5O2S/c1-11-7-14(23-19-11)18-15(21)20-6-5-17-8-12(20)10-22-13-3-2-4-16-9-13/h2-4,7,9,12,17H,5-6,8,10H2,1H3,(H,18,21). The second-order valence-corrected chi connectivity index (χ2v) is 6.12. The van der Waals surface area contributed by atoms with Gasteiger partial charge in [-0.3, -0.25) is 10.3 Å². The number of aromatic nitrogens is 2. The second kappa shape index (κ2) is 7.38. The molecule has 0 bridgehead atoms. The van der Waals surface area contributed by atoms with Crippen molar-refractivity contribution < 1.29 is 9.53 Å². The van der Waals surface area contributed by atoms with Crippen molar-refractivity contribution in [2.45, 2.75) is 13.0 Å². The Balaban J connectivity index is 1.60. The van der Waals surface area contributed by atoms with Crippen LogP contribution in [0, 0.1) is 6.92 Å². The highest BCUT2D eigenvalue weighted by molar-refractivity contribution is 7.10. The van der Waals surface area contributed by atoms with E-state index in [2.05, 4.69) is 20.0 Å². The largest absolute Gasteiger partial charge is 0.490 e. The molecule has 3 heterocycles. The Morgan fingerprint density at radius 3 is 3.26 bits per heavy atom. The summed E-state index contributed by atoms with van der Waals surface area (Å²) >= 11 is 1.29. The number of piperazine rings is 1. The Labute approximate surface area is 138 Å². The number of anilines is 1. The minimum Gasteiger partial charge on any atom is -0.490 e. The molecule has 0 radical (unpaired) electrons. The van der Waals surface area contributed by atoms with E-state index in [9.17, 15) is 4.79 Å². The molecule has 0 aliphatic carbocycles. The Hall–Kier alpha value is -2.19. The normalized spacial score (nSPS) is 17.8. The van der Waals surface area contributed by atoms with Crippen LogP contribution in [-0.2, 0) is 0 Å². The highest BCUT2D eigenvalue weighted by atomic mass is 32.1. The van der Waals surface area contributed by atoms with Crippen molar-refractivity contribution in [1.82, 2.24) is 19.6 Å². The van der Waals surface area contributed by atoms with Crippen LogP contribution in [0.5, 0.6) is 5.75 Å². The Morgan fingerprint density at radius 1 is 1.61 bits per heavy atom. The third-order valence-corrected chi connectivity index (χ3v) is 4.34. The van der Waals surface area contributed by atoms with Gasteiger partial charge in [0, 0.05) is 25.8 Å². The van der Waals surface area contributed by atoms with Crippen LogP contribution in [0.2, 0.25) is 0 Å². The molecule has 1 saturated heterocycles. The second-order valence-electron chi connectivity index (χ2n) is 5.31. The summed E-state index contributed by atoms with van der Waals surface area (Å²) in [6.45, 7) is 4.45. The average molecular weight is 333 g/mol. The average Bonchev–Trinajstić information content (AvgIpc) is 2.99. The number of amides is 2. The summed E-state index contributed by atoms with van der Waals surface area (Å²) in [4.78, 5) is 18.3. The molecule has 7 nitrogen and oxygen atoms in total. The van der Waals surface area contributed by atoms with Crippen molar-refractivity contribution in [3.63, 3.8) is 0 Å². The quantitative estimate of drug-likeness (QED) is 0.891. The van der Waals surface area contributed by atoms with Crippen molar-refractivity contribution in [1.29, 1.82) is 0 Å². The molecule has 2 amide bonds. The molecule has 1 aliphatic rings. The van der Waals surface area contributed by atoms with Crippen molar-refractivity contribution in [3.8, 4) is 5.75 Å². The summed E-state index contributed by atoms with van der Waals surface area (Å²) in [5.41, 5.74) is 0.905. The predicted octanol–water partition coefficient (Wildman–Crippen LogP) is 1.73. The molecule has 23 heavy (non-hydrogen) atoms. The van der Waals surface area contributed by atoms with Crippen LogP contribution in [0.15, 0.2) is 30.6 Å². The number of carbonyl (C=O) groups excluding carboxylic acids is 1. The molecule has 1 atom stereocenters. The van der Waals surface area contributed by atoms with E-state index in [0.717, 1.165) is 17.2 Å². The van der Waals surface area contributed by atoms with Crippen molar-refractivity contribution in [2.75, 3.05) is 31.6 Å². The van der Waals surface area contributed by atoms with Crippen molar-refractivity contribution in [3.05, 3.63) is 36.3 Å². The molecule has 0 spiro atoms. The Kier molecular flexibility index (Phi) is 5.04. The monoisotopic (exact) mass is 333 g/mol. The van der Waals surface area contributed by atoms with Gasteiger partial charge in [0.05, 0.1) is 17.9 Å². The smallest absolute Gasteiger partial charge is 0.322 e. The fraction of sp³-hybridized carbons (Fsp3) is 0.400. The fourth-order valence-corrected chi connectivity index (χ4v) is 3.05. The first-order valence-corrected chi connectivity index (χ1v) is 8.24. The van der Waals surface area contributed by atoms with Crippen LogP contribution in [0.4, 0.5) is 9.80 Å². The maximum absolute atomic E-state index is 12.5. The van der Waals surface area contributed by atoms with Gasteiger partial charge in [0.25, 0.3) is 0 Å². The van der Waals surface area contributed by atoms with Gasteiger partial charge in [-0.1, -0.05) is 0 Å². The van der Waals surface area contributed by atoms with Crippen LogP contribution in [-0.4, -0.2) is 52.6 Å². The van der Waals surface area contributed by atoms with Crippen LogP contribution in [0.25, 0.3) is 0 Å². The van der Waals surface area contributed by atoms with Crippen molar-refractivity contribution >= 4 is 22.6 Å². The van der Waals surface area contributed by atoms with E-state index in [4.69, 9.17) is 4.74 Å². The van der Waals surface area contributed by atoms with Crippen LogP contribution < -0.4 is 15.4 Å². The van der Waals surface area contributed by atoms with E-state index in [0.29, 0.717) is 25.4 Å². The molecule has 2 aromatic rings. The number of nitrogens with one attached hydrogen (secondary N) is 2. The van der Waals surface area contributed by atoms with Crippen LogP contribution >= 0.6 is 11.5 Å². The first-order chi connectivity index (χ1) is 11.2. The number of aryl methyl sites for hydroxylation is 1. The van der Waals surface area contributed by atoms with Crippen molar-refractivity contribution in [2.24, 2.45) is 0 Å². The molecule has 1 fully saturated rings. The van der Waals surface area contributed by atoms with Gasteiger partial charge >= 0.3 is 6.03 Å². The van der Waals surface area contributed by atoms with E-state index in [1.54, 1.807) is 12.4 Å². The van der Waals surface area contributed by atoms with Gasteiger partial charge in [0.2, 0.25) is 0 Å². The topological polar surface area (TPSA) is 79.4 Å². The molecule has 2 aromatic heterocycles. The Morgan fingerprint density at radius 2 is 2.52 bits per heavy atom. The summed E-state index contributed by atoms with van der Waals surface area (Å²) in [7, 11) is 0. The predicted molar refractivity (Wildman–Crippen MR) is 89.0 cm³/mol. The zero-order chi connectivity index (χ0) is 16.1. The third-order valence-electron chi connectivity index (χ3n) is 3.55. The first-order valence-electron chi connectivity index (χ1n) is 7.47. The summed E-state index contributed by atoms with van der Waals surface area (Å²) in [5, 5.41) is 6.97. The zero-order valence-corrected chi connectivity index (χ0v) is 13.7. The van der Waals surface area contributed by atoms with E-state index >= 15 is 0 Å². The van der Waals surface area contributed by atoms with E-state index in [1.807, 2.05) is 30.0 Å². The maximum atomic E-state index is 12.5. The minimum absolute atomic E-state index is 0.0297. The number of hydrogen-bond donors (Lipinski definition) is 2. The Bertz CT molecular complexity index is 648. The lowest BCUT2D eigenvalue weighted by atomic mass is 10.2. The molecule has 2 N–H and O–H groups in total. The lowest BCUT2D eigenvalue weighted by molar-refractivity contribution is 0.133. The third kappa shape index (κ3) is 4.17. The van der Waals surface area contributed by atoms with E-state index in [-0.39, 0.29) is 12.1 Å². The highest BCUT2D eigenvalue weighted by Gasteiger charge is 2.27. The van der Waals surface area contributed by atoms with Gasteiger partial charge in [0.15, 0.2) is 0 Å². The molecule has 8 heteroatoms. The number of carbonyl (C=O) groups is 1. The molecular weight excluding hydrogens is 314 g/mol. The SMILES string of the molecule is Cc1cc(NC(=O)N2CCNCC2COc2cccnc2)sn1. The van der Waals surface area contributed by atoms with Gasteiger partial charge in [-0.2, -0.15) is 4.37 Å². The van der Waals surface area contributed by atoms with Crippen LogP contribution in [0.1, 0.15) is 5.69 Å². The summed E-state index contributed by atoms with van der Waals surface area (Å²) in [6, 6.07) is 5.40. The molecule has 0 saturated carbocycles. The molecule has 3 rings (SSSR count). The molecule has 122 valence electrons. The molecular formula is C15H19N5O2S. The van der Waals surface area contributed by atoms with Crippen LogP contribution in [0.3, 0.4) is 0 Å². The number of ether oxygens (including phenoxy) is 1. The number of hydrogen-bond acceptors (Lipinski definition) is 6. The summed E-state index contributed by atoms with van der Waals surface area (Å²) < 4.78 is 9.92. The molecule has 1 unspecified atom stereocenters. The fourth-order valence-electron chi connectivity index (χ4n) is 2.40. The maximum Gasteiger partial charge on any atom is 0.322 e. The minimum atomic E-state index is -0.116. The van der Waals surface area contributed by atoms with Gasteiger partial charge in [-0.25, -0.2) is 4.79 Å². The number of rotatable bonds is 4. The highest BCUT2D eigenvalue weighted by Crippen LogP contribution is 2.17. The number of nitrogens with zero attached hydrogens (tertiary/aromatic N) is 3. The van der Waals surface area contributed by atoms with Gasteiger partial charge in [-0.15, -0.1) is 0 Å². The number of urea groups is 1. The zero-order valence-electron chi connectivity index (χ0n) is 12.9. The van der Waals surface area contributed by atoms with E-state index in [1.165, 1.54) is 11.5 Å². The van der Waals surface area contributed by atoms with Gasteiger partial charge in [-0.05, 0) is 36.7 Å².